The fraction of sp³-hybridized carbons (Fsp3) is 0.118. The first-order valence-electron chi connectivity index (χ1n) is 8.93. The Hall–Kier alpha value is -2.35. The van der Waals surface area contributed by atoms with Gasteiger partial charge in [-0.25, -0.2) is 4.98 Å². The number of aromatic nitrogens is 2. The quantitative estimate of drug-likeness (QED) is 0.671. The van der Waals surface area contributed by atoms with Crippen LogP contribution in [0.15, 0.2) is 60.9 Å². The number of para-hydroxylation sites is 1. The van der Waals surface area contributed by atoms with Crippen LogP contribution in [-0.4, -0.2) is 9.55 Å². The van der Waals surface area contributed by atoms with E-state index < -0.39 is 13.7 Å². The monoisotopic (exact) mass is 254 g/mol. The summed E-state index contributed by atoms with van der Waals surface area (Å²) < 4.78 is 48.4. The van der Waals surface area contributed by atoms with Crippen LogP contribution in [0.3, 0.4) is 0 Å². The number of benzene rings is 2. The third-order valence-electron chi connectivity index (χ3n) is 2.95. The summed E-state index contributed by atoms with van der Waals surface area (Å²) in [5.41, 5.74) is 0.871. The topological polar surface area (TPSA) is 17.8 Å². The number of hydrogen-bond donors (Lipinski definition) is 0. The van der Waals surface area contributed by atoms with Gasteiger partial charge in [0, 0.05) is 26.2 Å². The summed E-state index contributed by atoms with van der Waals surface area (Å²) in [4.78, 5) is 4.30. The maximum Gasteiger partial charge on any atom is 0.144 e. The summed E-state index contributed by atoms with van der Waals surface area (Å²) in [6.45, 7) is -4.90. The third kappa shape index (κ3) is 2.06. The van der Waals surface area contributed by atoms with E-state index in [1.807, 2.05) is 30.3 Å². The second-order valence-electron chi connectivity index (χ2n) is 4.19. The third-order valence-corrected chi connectivity index (χ3v) is 2.95. The van der Waals surface area contributed by atoms with Crippen molar-refractivity contribution in [3.8, 4) is 17.1 Å². The van der Waals surface area contributed by atoms with Crippen LogP contribution in [0.4, 0.5) is 0 Å². The molecule has 0 bridgehead atoms. The van der Waals surface area contributed by atoms with E-state index in [-0.39, 0.29) is 16.8 Å². The molecule has 0 radical (unpaired) electrons. The normalized spacial score (nSPS) is 16.6. The van der Waals surface area contributed by atoms with E-state index in [1.165, 1.54) is 24.4 Å². The maximum atomic E-state index is 7.81. The molecule has 1 aromatic heterocycles. The molecule has 0 unspecified atom stereocenters. The molecule has 0 aliphatic rings. The number of rotatable bonds is 2. The van der Waals surface area contributed by atoms with Gasteiger partial charge in [0.1, 0.15) is 5.82 Å². The molecule has 2 heteroatoms. The van der Waals surface area contributed by atoms with Crippen molar-refractivity contribution in [1.29, 1.82) is 0 Å². The lowest BCUT2D eigenvalue weighted by Gasteiger charge is -2.13. The molecule has 0 saturated carbocycles. The van der Waals surface area contributed by atoms with Crippen LogP contribution in [0.2, 0.25) is 0 Å². The van der Waals surface area contributed by atoms with Crippen LogP contribution >= 0.6 is 0 Å². The van der Waals surface area contributed by atoms with Crippen molar-refractivity contribution in [1.82, 2.24) is 9.55 Å². The molecule has 3 aromatic rings. The van der Waals surface area contributed by atoms with Gasteiger partial charge in [-0.1, -0.05) is 48.5 Å². The maximum absolute atomic E-state index is 7.81. The van der Waals surface area contributed by atoms with Gasteiger partial charge < -0.3 is 0 Å². The van der Waals surface area contributed by atoms with Crippen molar-refractivity contribution >= 4 is 0 Å². The van der Waals surface area contributed by atoms with Crippen LogP contribution in [0, 0.1) is 13.7 Å². The molecule has 0 spiro atoms. The Kier molecular flexibility index (Phi) is 1.67. The first-order chi connectivity index (χ1) is 11.7. The van der Waals surface area contributed by atoms with E-state index in [0.29, 0.717) is 5.82 Å². The highest BCUT2D eigenvalue weighted by Crippen LogP contribution is 2.25. The van der Waals surface area contributed by atoms with Gasteiger partial charge in [-0.15, -0.1) is 0 Å². The Balaban J connectivity index is 2.33. The van der Waals surface area contributed by atoms with E-state index in [9.17, 15) is 0 Å². The molecule has 3 rings (SSSR count). The van der Waals surface area contributed by atoms with Crippen LogP contribution in [0.5, 0.6) is 0 Å². The molecule has 2 nitrogen and oxygen atoms in total. The summed E-state index contributed by atoms with van der Waals surface area (Å²) in [7, 11) is 0. The van der Waals surface area contributed by atoms with Crippen molar-refractivity contribution in [3.63, 3.8) is 0 Å². The Morgan fingerprint density at radius 3 is 2.37 bits per heavy atom. The lowest BCUT2D eigenvalue weighted by Crippen LogP contribution is -2.01. The van der Waals surface area contributed by atoms with Crippen molar-refractivity contribution < 1.29 is 8.22 Å². The molecule has 0 atom stereocenters. The van der Waals surface area contributed by atoms with Gasteiger partial charge in [0.25, 0.3) is 0 Å². The zero-order valence-electron chi connectivity index (χ0n) is 16.2. The van der Waals surface area contributed by atoms with Crippen LogP contribution in [0.25, 0.3) is 17.1 Å². The molecule has 0 saturated heterocycles. The van der Waals surface area contributed by atoms with Crippen LogP contribution in [-0.2, 0) is 0 Å². The highest BCUT2D eigenvalue weighted by Gasteiger charge is 2.10. The largest absolute Gasteiger partial charge is 0.299 e. The molecular weight excluding hydrogens is 232 g/mol. The van der Waals surface area contributed by atoms with Crippen LogP contribution < -0.4 is 0 Å². The molecule has 0 N–H and O–H groups in total. The number of nitrogens with zero attached hydrogens (tertiary/aromatic N) is 2. The van der Waals surface area contributed by atoms with E-state index in [4.69, 9.17) is 8.22 Å². The molecule has 19 heavy (non-hydrogen) atoms. The van der Waals surface area contributed by atoms with Gasteiger partial charge >= 0.3 is 0 Å². The first-order valence-corrected chi connectivity index (χ1v) is 5.93. The van der Waals surface area contributed by atoms with Crippen molar-refractivity contribution in [2.75, 3.05) is 0 Å². The molecule has 94 valence electrons. The van der Waals surface area contributed by atoms with Gasteiger partial charge in [0.2, 0.25) is 0 Å². The highest BCUT2D eigenvalue weighted by atomic mass is 15.1. The predicted octanol–water partition coefficient (Wildman–Crippen LogP) is 4.16. The lowest BCUT2D eigenvalue weighted by molar-refractivity contribution is 1.03. The van der Waals surface area contributed by atoms with Gasteiger partial charge in [0.05, 0.1) is 5.69 Å². The lowest BCUT2D eigenvalue weighted by atomic mass is 10.1. The minimum absolute atomic E-state index is 0.0173. The zero-order valence-corrected chi connectivity index (χ0v) is 10.2. The minimum Gasteiger partial charge on any atom is -0.299 e. The summed E-state index contributed by atoms with van der Waals surface area (Å²) in [6.07, 6.45) is 3.12. The molecule has 2 aromatic carbocycles. The average molecular weight is 254 g/mol. The predicted molar refractivity (Wildman–Crippen MR) is 78.5 cm³/mol. The van der Waals surface area contributed by atoms with Crippen LogP contribution in [0.1, 0.15) is 19.4 Å². The first kappa shape index (κ1) is 6.71. The minimum atomic E-state index is -2.45. The highest BCUT2D eigenvalue weighted by molar-refractivity contribution is 5.61. The Morgan fingerprint density at radius 1 is 0.947 bits per heavy atom. The molecule has 0 fully saturated rings. The summed E-state index contributed by atoms with van der Waals surface area (Å²) in [6, 6.07) is 13.6. The van der Waals surface area contributed by atoms with Gasteiger partial charge in [-0.05, 0) is 24.8 Å². The fourth-order valence-electron chi connectivity index (χ4n) is 2.09. The van der Waals surface area contributed by atoms with Gasteiger partial charge in [-0.3, -0.25) is 4.57 Å². The molecule has 0 aliphatic heterocycles. The second-order valence-corrected chi connectivity index (χ2v) is 4.19. The van der Waals surface area contributed by atoms with E-state index in [2.05, 4.69) is 4.98 Å². The standard InChI is InChI=1S/C17H16N2/c1-13-7-6-8-14(2)16(13)19-12-11-18-17(19)15-9-4-3-5-10-15/h3-12H,1-2H3/i1D3,2D3. The number of aryl methyl sites for hydroxylation is 2. The Morgan fingerprint density at radius 2 is 1.68 bits per heavy atom. The van der Waals surface area contributed by atoms with E-state index >= 15 is 0 Å². The Bertz CT molecular complexity index is 846. The summed E-state index contributed by atoms with van der Waals surface area (Å²) >= 11 is 0. The van der Waals surface area contributed by atoms with Crippen molar-refractivity contribution in [3.05, 3.63) is 72.1 Å². The van der Waals surface area contributed by atoms with Gasteiger partial charge in [-0.2, -0.15) is 0 Å². The second kappa shape index (κ2) is 4.73. The zero-order chi connectivity index (χ0) is 18.2. The summed E-state index contributed by atoms with van der Waals surface area (Å²) in [5.74, 6) is 0.489. The van der Waals surface area contributed by atoms with Gasteiger partial charge in [0.15, 0.2) is 0 Å². The molecular formula is C17H16N2. The molecule has 1 heterocycles. The smallest absolute Gasteiger partial charge is 0.144 e. The SMILES string of the molecule is [2H]C([2H])([2H])c1cccc(C([2H])([2H])[2H])c1-n1ccnc1-c1ccccc1. The Labute approximate surface area is 121 Å². The molecule has 0 amide bonds. The average Bonchev–Trinajstić information content (AvgIpc) is 3.02. The summed E-state index contributed by atoms with van der Waals surface area (Å²) in [5, 5.41) is 0. The van der Waals surface area contributed by atoms with E-state index in [1.54, 1.807) is 10.8 Å². The number of hydrogen-bond acceptors (Lipinski definition) is 1. The fourth-order valence-corrected chi connectivity index (χ4v) is 2.09. The van der Waals surface area contributed by atoms with E-state index in [0.717, 1.165) is 5.56 Å². The van der Waals surface area contributed by atoms with Crippen molar-refractivity contribution in [2.45, 2.75) is 13.7 Å². The number of imidazole rings is 1. The van der Waals surface area contributed by atoms with Crippen molar-refractivity contribution in [2.24, 2.45) is 0 Å². The molecule has 0 aliphatic carbocycles.